The summed E-state index contributed by atoms with van der Waals surface area (Å²) >= 11 is 0. The van der Waals surface area contributed by atoms with Crippen LogP contribution in [0.3, 0.4) is 0 Å². The molecule has 3 aliphatic rings. The first kappa shape index (κ1) is 19.9. The Balaban J connectivity index is 1.30. The van der Waals surface area contributed by atoms with E-state index in [4.69, 9.17) is 0 Å². The number of hydrogen-bond acceptors (Lipinski definition) is 4. The van der Waals surface area contributed by atoms with E-state index in [9.17, 15) is 9.59 Å². The van der Waals surface area contributed by atoms with Crippen LogP contribution in [-0.4, -0.2) is 55.5 Å². The second-order valence-electron chi connectivity index (χ2n) is 8.92. The molecule has 1 atom stereocenters. The highest BCUT2D eigenvalue weighted by Gasteiger charge is 2.35. The molecule has 3 aliphatic heterocycles. The number of fused-ring (bicyclic) bond motifs is 3. The molecule has 162 valence electrons. The van der Waals surface area contributed by atoms with Gasteiger partial charge in [-0.1, -0.05) is 12.1 Å². The normalized spacial score (nSPS) is 20.8. The number of carbonyl (C=O) groups excluding carboxylic acids is 2. The molecule has 6 heteroatoms. The van der Waals surface area contributed by atoms with E-state index in [0.717, 1.165) is 50.3 Å². The van der Waals surface area contributed by atoms with Crippen LogP contribution in [0.2, 0.25) is 0 Å². The number of piperazine rings is 1. The maximum absolute atomic E-state index is 13.2. The summed E-state index contributed by atoms with van der Waals surface area (Å²) in [5, 5.41) is 3.04. The fraction of sp³-hybridized carbons (Fsp3) is 0.440. The number of benzene rings is 2. The lowest BCUT2D eigenvalue weighted by molar-refractivity contribution is -0.118. The first-order chi connectivity index (χ1) is 15.0. The van der Waals surface area contributed by atoms with Crippen LogP contribution < -0.4 is 15.1 Å². The van der Waals surface area contributed by atoms with E-state index >= 15 is 0 Å². The van der Waals surface area contributed by atoms with Crippen LogP contribution in [0.4, 0.5) is 17.1 Å². The Hall–Kier alpha value is -3.02. The molecule has 0 aliphatic carbocycles. The van der Waals surface area contributed by atoms with Crippen molar-refractivity contribution in [3.8, 4) is 0 Å². The quantitative estimate of drug-likeness (QED) is 0.810. The van der Waals surface area contributed by atoms with Crippen LogP contribution in [0.5, 0.6) is 0 Å². The second-order valence-corrected chi connectivity index (χ2v) is 8.92. The molecule has 2 saturated heterocycles. The molecular formula is C25H30N4O2. The Morgan fingerprint density at radius 1 is 0.968 bits per heavy atom. The van der Waals surface area contributed by atoms with Crippen LogP contribution in [0.25, 0.3) is 0 Å². The number of hydrogen-bond donors (Lipinski definition) is 1. The van der Waals surface area contributed by atoms with Crippen molar-refractivity contribution in [1.82, 2.24) is 4.90 Å². The zero-order chi connectivity index (χ0) is 21.5. The molecule has 5 rings (SSSR count). The second kappa shape index (κ2) is 7.91. The third-order valence-electron chi connectivity index (χ3n) is 7.10. The Labute approximate surface area is 183 Å². The molecular weight excluding hydrogens is 388 g/mol. The third kappa shape index (κ3) is 3.54. The summed E-state index contributed by atoms with van der Waals surface area (Å²) in [5.74, 6) is 0.0948. The molecule has 0 unspecified atom stereocenters. The van der Waals surface area contributed by atoms with Gasteiger partial charge in [0.2, 0.25) is 5.91 Å². The number of carbonyl (C=O) groups is 2. The van der Waals surface area contributed by atoms with Crippen molar-refractivity contribution in [3.05, 3.63) is 53.1 Å². The van der Waals surface area contributed by atoms with Crippen molar-refractivity contribution in [2.24, 2.45) is 0 Å². The first-order valence-corrected chi connectivity index (χ1v) is 11.3. The van der Waals surface area contributed by atoms with E-state index in [1.165, 1.54) is 16.8 Å². The van der Waals surface area contributed by atoms with E-state index in [1.807, 2.05) is 23.1 Å². The monoisotopic (exact) mass is 418 g/mol. The lowest BCUT2D eigenvalue weighted by Crippen LogP contribution is -2.51. The van der Waals surface area contributed by atoms with Crippen molar-refractivity contribution in [2.75, 3.05) is 47.8 Å². The Morgan fingerprint density at radius 2 is 1.77 bits per heavy atom. The minimum Gasteiger partial charge on any atom is -0.368 e. The first-order valence-electron chi connectivity index (χ1n) is 11.3. The molecule has 0 spiro atoms. The number of piperidine rings is 1. The SMILES string of the molecule is Cc1cccc(N2CCN(C(=O)c3ccc4c(c3)NC(=O)[C@@H]3CCCCN43)CC2)c1C. The number of nitrogens with one attached hydrogen (secondary N) is 1. The minimum absolute atomic E-state index is 0.0402. The van der Waals surface area contributed by atoms with Gasteiger partial charge in [0.15, 0.2) is 0 Å². The lowest BCUT2D eigenvalue weighted by atomic mass is 9.96. The number of anilines is 3. The van der Waals surface area contributed by atoms with Gasteiger partial charge in [-0.2, -0.15) is 0 Å². The summed E-state index contributed by atoms with van der Waals surface area (Å²) in [7, 11) is 0. The van der Waals surface area contributed by atoms with E-state index in [-0.39, 0.29) is 17.9 Å². The van der Waals surface area contributed by atoms with Crippen molar-refractivity contribution in [2.45, 2.75) is 39.2 Å². The third-order valence-corrected chi connectivity index (χ3v) is 7.10. The summed E-state index contributed by atoms with van der Waals surface area (Å²) in [5.41, 5.74) is 6.32. The highest BCUT2D eigenvalue weighted by atomic mass is 16.2. The van der Waals surface area contributed by atoms with Gasteiger partial charge in [0.05, 0.1) is 11.4 Å². The van der Waals surface area contributed by atoms with Crippen molar-refractivity contribution in [1.29, 1.82) is 0 Å². The van der Waals surface area contributed by atoms with Gasteiger partial charge in [-0.25, -0.2) is 0 Å². The number of amides is 2. The molecule has 6 nitrogen and oxygen atoms in total. The van der Waals surface area contributed by atoms with Crippen LogP contribution in [0, 0.1) is 13.8 Å². The van der Waals surface area contributed by atoms with Gasteiger partial charge >= 0.3 is 0 Å². The maximum atomic E-state index is 13.2. The standard InChI is InChI=1S/C25H30N4O2/c1-17-6-5-8-21(18(17)2)27-12-14-28(15-13-27)25(31)19-9-10-22-20(16-19)26-24(30)23-7-3-4-11-29(22)23/h5-6,8-10,16,23H,3-4,7,11-15H2,1-2H3,(H,26,30)/t23-/m0/s1. The minimum atomic E-state index is -0.0686. The van der Waals surface area contributed by atoms with Gasteiger partial charge in [-0.3, -0.25) is 9.59 Å². The smallest absolute Gasteiger partial charge is 0.254 e. The van der Waals surface area contributed by atoms with Gasteiger partial charge in [0.25, 0.3) is 5.91 Å². The van der Waals surface area contributed by atoms with Crippen LogP contribution in [0.15, 0.2) is 36.4 Å². The van der Waals surface area contributed by atoms with Gasteiger partial charge in [0.1, 0.15) is 6.04 Å². The molecule has 2 fully saturated rings. The molecule has 0 bridgehead atoms. The van der Waals surface area contributed by atoms with E-state index in [2.05, 4.69) is 47.2 Å². The fourth-order valence-electron chi connectivity index (χ4n) is 5.14. The molecule has 2 aromatic rings. The van der Waals surface area contributed by atoms with Crippen LogP contribution in [0.1, 0.15) is 40.7 Å². The van der Waals surface area contributed by atoms with Gasteiger partial charge < -0.3 is 20.0 Å². The molecule has 0 saturated carbocycles. The van der Waals surface area contributed by atoms with Gasteiger partial charge in [-0.05, 0) is 68.5 Å². The summed E-state index contributed by atoms with van der Waals surface area (Å²) in [6.07, 6.45) is 3.10. The fourth-order valence-corrected chi connectivity index (χ4v) is 5.14. The molecule has 0 radical (unpaired) electrons. The topological polar surface area (TPSA) is 55.9 Å². The van der Waals surface area contributed by atoms with Crippen molar-refractivity contribution >= 4 is 28.9 Å². The number of nitrogens with zero attached hydrogens (tertiary/aromatic N) is 3. The average molecular weight is 419 g/mol. The van der Waals surface area contributed by atoms with Crippen molar-refractivity contribution in [3.63, 3.8) is 0 Å². The molecule has 31 heavy (non-hydrogen) atoms. The molecule has 1 N–H and O–H groups in total. The van der Waals surface area contributed by atoms with E-state index < -0.39 is 0 Å². The van der Waals surface area contributed by atoms with Gasteiger partial charge in [-0.15, -0.1) is 0 Å². The van der Waals surface area contributed by atoms with Gasteiger partial charge in [0, 0.05) is 44.0 Å². The molecule has 2 amide bonds. The largest absolute Gasteiger partial charge is 0.368 e. The van der Waals surface area contributed by atoms with Crippen molar-refractivity contribution < 1.29 is 9.59 Å². The Bertz CT molecular complexity index is 1030. The molecule has 3 heterocycles. The summed E-state index contributed by atoms with van der Waals surface area (Å²) in [6, 6.07) is 12.1. The average Bonchev–Trinajstić information content (AvgIpc) is 2.80. The lowest BCUT2D eigenvalue weighted by Gasteiger charge is -2.41. The highest BCUT2D eigenvalue weighted by Crippen LogP contribution is 2.36. The Kier molecular flexibility index (Phi) is 5.08. The summed E-state index contributed by atoms with van der Waals surface area (Å²) in [4.78, 5) is 32.2. The zero-order valence-corrected chi connectivity index (χ0v) is 18.4. The number of aryl methyl sites for hydroxylation is 1. The summed E-state index contributed by atoms with van der Waals surface area (Å²) in [6.45, 7) is 8.25. The zero-order valence-electron chi connectivity index (χ0n) is 18.4. The van der Waals surface area contributed by atoms with E-state index in [0.29, 0.717) is 18.7 Å². The molecule has 2 aromatic carbocycles. The predicted molar refractivity (Wildman–Crippen MR) is 124 cm³/mol. The highest BCUT2D eigenvalue weighted by molar-refractivity contribution is 6.06. The Morgan fingerprint density at radius 3 is 2.58 bits per heavy atom. The van der Waals surface area contributed by atoms with E-state index in [1.54, 1.807) is 0 Å². The number of rotatable bonds is 2. The maximum Gasteiger partial charge on any atom is 0.254 e. The van der Waals surface area contributed by atoms with Crippen LogP contribution in [-0.2, 0) is 4.79 Å². The van der Waals surface area contributed by atoms with Crippen LogP contribution >= 0.6 is 0 Å². The predicted octanol–water partition coefficient (Wildman–Crippen LogP) is 3.58. The summed E-state index contributed by atoms with van der Waals surface area (Å²) < 4.78 is 0. The molecule has 0 aromatic heterocycles.